The summed E-state index contributed by atoms with van der Waals surface area (Å²) >= 11 is 0. The molecule has 0 aliphatic carbocycles. The first-order chi connectivity index (χ1) is 14.3. The predicted molar refractivity (Wildman–Crippen MR) is 110 cm³/mol. The summed E-state index contributed by atoms with van der Waals surface area (Å²) < 4.78 is 30.2. The van der Waals surface area contributed by atoms with Crippen LogP contribution in [0.3, 0.4) is 0 Å². The maximum Gasteiger partial charge on any atom is 0.190 e. The average molecular weight is 414 g/mol. The van der Waals surface area contributed by atoms with E-state index in [9.17, 15) is 5.11 Å². The van der Waals surface area contributed by atoms with Crippen LogP contribution in [0.5, 0.6) is 0 Å². The Hall–Kier alpha value is -1.80. The van der Waals surface area contributed by atoms with Crippen LogP contribution in [0, 0.1) is 0 Å². The van der Waals surface area contributed by atoms with Crippen LogP contribution in [0.15, 0.2) is 60.7 Å². The molecule has 0 bridgehead atoms. The van der Waals surface area contributed by atoms with Crippen LogP contribution >= 0.6 is 0 Å². The zero-order valence-corrected chi connectivity index (χ0v) is 17.7. The number of aliphatic hydroxyl groups is 1. The van der Waals surface area contributed by atoms with E-state index in [-0.39, 0.29) is 13.2 Å². The summed E-state index contributed by atoms with van der Waals surface area (Å²) in [5.74, 6) is -0.821. The standard InChI is InChI=1S/C24H30O6/c1-22(2)29-20-21(30-22)27-17-24(20,28-15-19-12-8-5-9-13-19)23(3,25)16-26-14-18-10-6-4-7-11-18/h4-13,20-21,25H,14-17H2,1-3H3/t20?,21-,23?,24?/m0/s1. The fourth-order valence-corrected chi connectivity index (χ4v) is 4.05. The van der Waals surface area contributed by atoms with Gasteiger partial charge in [0.1, 0.15) is 11.7 Å². The van der Waals surface area contributed by atoms with Gasteiger partial charge in [-0.2, -0.15) is 0 Å². The second-order valence-corrected chi connectivity index (χ2v) is 8.65. The van der Waals surface area contributed by atoms with Gasteiger partial charge < -0.3 is 28.8 Å². The van der Waals surface area contributed by atoms with Crippen molar-refractivity contribution in [2.24, 2.45) is 0 Å². The van der Waals surface area contributed by atoms with Gasteiger partial charge in [-0.25, -0.2) is 0 Å². The molecule has 0 radical (unpaired) electrons. The minimum Gasteiger partial charge on any atom is -0.385 e. The van der Waals surface area contributed by atoms with Crippen LogP contribution in [-0.2, 0) is 36.9 Å². The molecule has 0 amide bonds. The lowest BCUT2D eigenvalue weighted by Gasteiger charge is -2.44. The Morgan fingerprint density at radius 3 is 2.20 bits per heavy atom. The van der Waals surface area contributed by atoms with E-state index in [2.05, 4.69) is 0 Å². The molecule has 6 heteroatoms. The van der Waals surface area contributed by atoms with Crippen molar-refractivity contribution in [1.82, 2.24) is 0 Å². The van der Waals surface area contributed by atoms with Gasteiger partial charge in [0.2, 0.25) is 0 Å². The monoisotopic (exact) mass is 414 g/mol. The second kappa shape index (κ2) is 8.38. The lowest BCUT2D eigenvalue weighted by Crippen LogP contribution is -2.64. The Balaban J connectivity index is 1.53. The molecular formula is C24H30O6. The molecule has 2 aromatic carbocycles. The van der Waals surface area contributed by atoms with Crippen molar-refractivity contribution in [2.45, 2.75) is 63.4 Å². The van der Waals surface area contributed by atoms with Gasteiger partial charge in [0, 0.05) is 0 Å². The lowest BCUT2D eigenvalue weighted by atomic mass is 9.81. The number of benzene rings is 2. The molecule has 30 heavy (non-hydrogen) atoms. The van der Waals surface area contributed by atoms with Gasteiger partial charge in [0.15, 0.2) is 17.7 Å². The minimum atomic E-state index is -1.38. The highest BCUT2D eigenvalue weighted by Crippen LogP contribution is 2.47. The molecular weight excluding hydrogens is 384 g/mol. The Morgan fingerprint density at radius 1 is 0.967 bits per heavy atom. The SMILES string of the molecule is CC1(C)OC2[C@@H](OCC2(OCc2ccccc2)C(C)(O)COCc2ccccc2)O1. The second-order valence-electron chi connectivity index (χ2n) is 8.65. The van der Waals surface area contributed by atoms with Crippen molar-refractivity contribution < 1.29 is 28.8 Å². The highest BCUT2D eigenvalue weighted by atomic mass is 16.8. The lowest BCUT2D eigenvalue weighted by molar-refractivity contribution is -0.264. The highest BCUT2D eigenvalue weighted by molar-refractivity contribution is 5.16. The maximum absolute atomic E-state index is 11.6. The molecule has 0 spiro atoms. The molecule has 4 atom stereocenters. The van der Waals surface area contributed by atoms with Gasteiger partial charge in [-0.05, 0) is 31.9 Å². The quantitative estimate of drug-likeness (QED) is 0.714. The number of fused-ring (bicyclic) bond motifs is 1. The summed E-state index contributed by atoms with van der Waals surface area (Å²) in [6, 6.07) is 19.7. The molecule has 2 aromatic rings. The molecule has 3 unspecified atom stereocenters. The van der Waals surface area contributed by atoms with Gasteiger partial charge in [-0.1, -0.05) is 60.7 Å². The van der Waals surface area contributed by atoms with Crippen molar-refractivity contribution in [2.75, 3.05) is 13.2 Å². The van der Waals surface area contributed by atoms with E-state index in [0.717, 1.165) is 11.1 Å². The summed E-state index contributed by atoms with van der Waals surface area (Å²) in [5, 5.41) is 11.6. The van der Waals surface area contributed by atoms with Crippen LogP contribution in [0.1, 0.15) is 31.9 Å². The van der Waals surface area contributed by atoms with Crippen LogP contribution in [0.25, 0.3) is 0 Å². The number of hydrogen-bond donors (Lipinski definition) is 1. The molecule has 2 heterocycles. The zero-order valence-electron chi connectivity index (χ0n) is 17.7. The molecule has 2 saturated heterocycles. The molecule has 1 N–H and O–H groups in total. The van der Waals surface area contributed by atoms with Crippen molar-refractivity contribution in [3.8, 4) is 0 Å². The van der Waals surface area contributed by atoms with Gasteiger partial charge in [0.25, 0.3) is 0 Å². The molecule has 2 aliphatic heterocycles. The summed E-state index contributed by atoms with van der Waals surface area (Å²) in [5.41, 5.74) is -0.480. The summed E-state index contributed by atoms with van der Waals surface area (Å²) in [4.78, 5) is 0. The van der Waals surface area contributed by atoms with Gasteiger partial charge >= 0.3 is 0 Å². The van der Waals surface area contributed by atoms with E-state index in [1.54, 1.807) is 6.92 Å². The Kier molecular flexibility index (Phi) is 5.99. The molecule has 0 aromatic heterocycles. The van der Waals surface area contributed by atoms with Crippen LogP contribution in [0.4, 0.5) is 0 Å². The fraction of sp³-hybridized carbons (Fsp3) is 0.500. The molecule has 2 aliphatic rings. The average Bonchev–Trinajstić information content (AvgIpc) is 3.21. The third-order valence-corrected chi connectivity index (χ3v) is 5.73. The van der Waals surface area contributed by atoms with E-state index in [1.807, 2.05) is 74.5 Å². The van der Waals surface area contributed by atoms with E-state index >= 15 is 0 Å². The van der Waals surface area contributed by atoms with Gasteiger partial charge in [-0.3, -0.25) is 0 Å². The van der Waals surface area contributed by atoms with Crippen LogP contribution < -0.4 is 0 Å². The third kappa shape index (κ3) is 4.30. The first-order valence-electron chi connectivity index (χ1n) is 10.3. The van der Waals surface area contributed by atoms with E-state index < -0.39 is 29.4 Å². The molecule has 4 rings (SSSR count). The van der Waals surface area contributed by atoms with Crippen molar-refractivity contribution >= 4 is 0 Å². The molecule has 2 fully saturated rings. The summed E-state index contributed by atoms with van der Waals surface area (Å²) in [6.45, 7) is 6.29. The zero-order chi connectivity index (χ0) is 21.2. The van der Waals surface area contributed by atoms with E-state index in [1.165, 1.54) is 0 Å². The topological polar surface area (TPSA) is 66.4 Å². The number of hydrogen-bond acceptors (Lipinski definition) is 6. The van der Waals surface area contributed by atoms with Crippen molar-refractivity contribution in [3.63, 3.8) is 0 Å². The molecule has 0 saturated carbocycles. The van der Waals surface area contributed by atoms with Crippen molar-refractivity contribution in [1.29, 1.82) is 0 Å². The summed E-state index contributed by atoms with van der Waals surface area (Å²) in [7, 11) is 0. The fourth-order valence-electron chi connectivity index (χ4n) is 4.05. The van der Waals surface area contributed by atoms with E-state index in [4.69, 9.17) is 23.7 Å². The summed E-state index contributed by atoms with van der Waals surface area (Å²) in [6.07, 6.45) is -1.18. The third-order valence-electron chi connectivity index (χ3n) is 5.73. The minimum absolute atomic E-state index is 0.0626. The Morgan fingerprint density at radius 2 is 1.57 bits per heavy atom. The first-order valence-corrected chi connectivity index (χ1v) is 10.3. The maximum atomic E-state index is 11.6. The Labute approximate surface area is 177 Å². The Bertz CT molecular complexity index is 822. The largest absolute Gasteiger partial charge is 0.385 e. The van der Waals surface area contributed by atoms with Gasteiger partial charge in [-0.15, -0.1) is 0 Å². The van der Waals surface area contributed by atoms with Gasteiger partial charge in [0.05, 0.1) is 26.4 Å². The van der Waals surface area contributed by atoms with E-state index in [0.29, 0.717) is 13.2 Å². The normalized spacial score (nSPS) is 29.5. The predicted octanol–water partition coefficient (Wildman–Crippen LogP) is 3.42. The van der Waals surface area contributed by atoms with Crippen molar-refractivity contribution in [3.05, 3.63) is 71.8 Å². The number of rotatable bonds is 8. The smallest absolute Gasteiger partial charge is 0.190 e. The molecule has 162 valence electrons. The first kappa shape index (κ1) is 21.4. The highest BCUT2D eigenvalue weighted by Gasteiger charge is 2.66. The number of ether oxygens (including phenoxy) is 5. The molecule has 6 nitrogen and oxygen atoms in total. The van der Waals surface area contributed by atoms with Crippen LogP contribution in [-0.4, -0.2) is 47.7 Å². The van der Waals surface area contributed by atoms with Crippen LogP contribution in [0.2, 0.25) is 0 Å².